The minimum atomic E-state index is 0.324. The van der Waals surface area contributed by atoms with Crippen LogP contribution in [-0.4, -0.2) is 6.04 Å². The molecule has 0 atom stereocenters. The zero-order valence-corrected chi connectivity index (χ0v) is 12.8. The molecule has 0 saturated heterocycles. The highest BCUT2D eigenvalue weighted by molar-refractivity contribution is 5.96. The van der Waals surface area contributed by atoms with E-state index in [1.54, 1.807) is 0 Å². The van der Waals surface area contributed by atoms with Gasteiger partial charge >= 0.3 is 0 Å². The molecule has 0 aliphatic heterocycles. The van der Waals surface area contributed by atoms with Crippen molar-refractivity contribution in [2.24, 2.45) is 0 Å². The lowest BCUT2D eigenvalue weighted by molar-refractivity contribution is 0.791. The zero-order chi connectivity index (χ0) is 15.5. The fourth-order valence-corrected chi connectivity index (χ4v) is 2.82. The van der Waals surface area contributed by atoms with Gasteiger partial charge in [-0.25, -0.2) is 4.85 Å². The molecule has 22 heavy (non-hydrogen) atoms. The second-order valence-corrected chi connectivity index (χ2v) is 5.59. The summed E-state index contributed by atoms with van der Waals surface area (Å²) in [6, 6.07) is 23.0. The summed E-state index contributed by atoms with van der Waals surface area (Å²) < 4.78 is 0. The van der Waals surface area contributed by atoms with Crippen molar-refractivity contribution in [3.63, 3.8) is 0 Å². The van der Waals surface area contributed by atoms with Crippen molar-refractivity contribution in [3.8, 4) is 0 Å². The van der Waals surface area contributed by atoms with Gasteiger partial charge in [-0.2, -0.15) is 0 Å². The maximum Gasteiger partial charge on any atom is 0.187 e. The molecule has 2 nitrogen and oxygen atoms in total. The zero-order valence-electron chi connectivity index (χ0n) is 12.8. The fraction of sp³-hybridized carbons (Fsp3) is 0.150. The molecule has 0 aliphatic carbocycles. The molecular weight excluding hydrogens is 268 g/mol. The predicted molar refractivity (Wildman–Crippen MR) is 93.9 cm³/mol. The maximum atomic E-state index is 7.09. The maximum absolute atomic E-state index is 7.09. The average Bonchev–Trinajstić information content (AvgIpc) is 2.56. The van der Waals surface area contributed by atoms with Crippen LogP contribution in [-0.2, 0) is 0 Å². The van der Waals surface area contributed by atoms with Crippen molar-refractivity contribution < 1.29 is 0 Å². The third kappa shape index (κ3) is 2.54. The molecule has 0 fully saturated rings. The average molecular weight is 286 g/mol. The highest BCUT2D eigenvalue weighted by Crippen LogP contribution is 2.34. The molecule has 0 N–H and O–H groups in total. The number of benzene rings is 3. The number of hydrogen-bond donors (Lipinski definition) is 0. The van der Waals surface area contributed by atoms with Gasteiger partial charge in [0.1, 0.15) is 0 Å². The van der Waals surface area contributed by atoms with E-state index >= 15 is 0 Å². The lowest BCUT2D eigenvalue weighted by Crippen LogP contribution is -2.25. The first kappa shape index (κ1) is 14.2. The molecule has 0 radical (unpaired) electrons. The van der Waals surface area contributed by atoms with Crippen molar-refractivity contribution in [1.29, 1.82) is 0 Å². The monoisotopic (exact) mass is 286 g/mol. The number of hydrogen-bond acceptors (Lipinski definition) is 1. The van der Waals surface area contributed by atoms with Crippen LogP contribution in [0.25, 0.3) is 15.6 Å². The van der Waals surface area contributed by atoms with E-state index in [0.717, 1.165) is 5.69 Å². The van der Waals surface area contributed by atoms with Crippen LogP contribution >= 0.6 is 0 Å². The van der Waals surface area contributed by atoms with Crippen molar-refractivity contribution in [2.45, 2.75) is 19.9 Å². The van der Waals surface area contributed by atoms with Crippen molar-refractivity contribution in [2.75, 3.05) is 4.90 Å². The Balaban J connectivity index is 2.16. The van der Waals surface area contributed by atoms with Gasteiger partial charge in [-0.15, -0.1) is 0 Å². The van der Waals surface area contributed by atoms with Crippen LogP contribution in [0.2, 0.25) is 0 Å². The Morgan fingerprint density at radius 1 is 0.864 bits per heavy atom. The highest BCUT2D eigenvalue weighted by atomic mass is 15.2. The predicted octanol–water partition coefficient (Wildman–Crippen LogP) is 5.94. The summed E-state index contributed by atoms with van der Waals surface area (Å²) >= 11 is 0. The van der Waals surface area contributed by atoms with Gasteiger partial charge in [0.2, 0.25) is 0 Å². The molecule has 0 amide bonds. The first-order chi connectivity index (χ1) is 10.7. The Morgan fingerprint density at radius 3 is 2.23 bits per heavy atom. The van der Waals surface area contributed by atoms with Gasteiger partial charge in [0.25, 0.3) is 0 Å². The van der Waals surface area contributed by atoms with E-state index in [-0.39, 0.29) is 0 Å². The molecule has 3 rings (SSSR count). The highest BCUT2D eigenvalue weighted by Gasteiger charge is 2.15. The number of fused-ring (bicyclic) bond motifs is 1. The Morgan fingerprint density at radius 2 is 1.55 bits per heavy atom. The minimum Gasteiger partial charge on any atom is -0.339 e. The smallest absolute Gasteiger partial charge is 0.187 e. The first-order valence-corrected chi connectivity index (χ1v) is 7.45. The van der Waals surface area contributed by atoms with E-state index in [1.807, 2.05) is 24.3 Å². The summed E-state index contributed by atoms with van der Waals surface area (Å²) in [5.41, 5.74) is 2.98. The summed E-state index contributed by atoms with van der Waals surface area (Å²) in [4.78, 5) is 5.79. The van der Waals surface area contributed by atoms with Crippen LogP contribution in [0, 0.1) is 6.57 Å². The van der Waals surface area contributed by atoms with E-state index in [0.29, 0.717) is 11.7 Å². The van der Waals surface area contributed by atoms with E-state index in [9.17, 15) is 0 Å². The third-order valence-electron chi connectivity index (χ3n) is 3.80. The van der Waals surface area contributed by atoms with Gasteiger partial charge in [0.05, 0.1) is 6.57 Å². The second kappa shape index (κ2) is 5.91. The van der Waals surface area contributed by atoms with Crippen LogP contribution in [0.3, 0.4) is 0 Å². The van der Waals surface area contributed by atoms with Gasteiger partial charge < -0.3 is 4.90 Å². The molecule has 0 bridgehead atoms. The SMILES string of the molecule is [C-]#[N+]c1ccc(N(c2cccc3ccccc23)C(C)C)cc1. The normalized spacial score (nSPS) is 10.6. The minimum absolute atomic E-state index is 0.324. The van der Waals surface area contributed by atoms with Gasteiger partial charge in [0.15, 0.2) is 5.69 Å². The van der Waals surface area contributed by atoms with Gasteiger partial charge in [0, 0.05) is 22.8 Å². The molecule has 0 heterocycles. The largest absolute Gasteiger partial charge is 0.339 e. The molecule has 0 spiro atoms. The summed E-state index contributed by atoms with van der Waals surface area (Å²) in [5, 5.41) is 2.48. The summed E-state index contributed by atoms with van der Waals surface area (Å²) in [7, 11) is 0. The van der Waals surface area contributed by atoms with Gasteiger partial charge in [-0.05, 0) is 37.4 Å². The van der Waals surface area contributed by atoms with E-state index in [2.05, 4.69) is 66.1 Å². The number of nitrogens with zero attached hydrogens (tertiary/aromatic N) is 2. The third-order valence-corrected chi connectivity index (χ3v) is 3.80. The molecule has 0 aliphatic rings. The second-order valence-electron chi connectivity index (χ2n) is 5.59. The molecule has 3 aromatic rings. The molecule has 2 heteroatoms. The Bertz CT molecular complexity index is 821. The van der Waals surface area contributed by atoms with Crippen molar-refractivity contribution in [3.05, 3.63) is 78.1 Å². The number of anilines is 2. The van der Waals surface area contributed by atoms with Crippen LogP contribution in [0.4, 0.5) is 17.1 Å². The molecule has 0 aromatic heterocycles. The first-order valence-electron chi connectivity index (χ1n) is 7.45. The van der Waals surface area contributed by atoms with Gasteiger partial charge in [-0.3, -0.25) is 0 Å². The van der Waals surface area contributed by atoms with Gasteiger partial charge in [-0.1, -0.05) is 48.5 Å². The summed E-state index contributed by atoms with van der Waals surface area (Å²) in [6.07, 6.45) is 0. The van der Waals surface area contributed by atoms with Crippen LogP contribution < -0.4 is 4.90 Å². The topological polar surface area (TPSA) is 7.60 Å². The van der Waals surface area contributed by atoms with E-state index < -0.39 is 0 Å². The van der Waals surface area contributed by atoms with E-state index in [4.69, 9.17) is 6.57 Å². The molecule has 108 valence electrons. The number of rotatable bonds is 3. The Labute approximate surface area is 131 Å². The standard InChI is InChI=1S/C20H18N2/c1-15(2)22(18-13-11-17(21-3)12-14-18)20-10-6-8-16-7-4-5-9-19(16)20/h4-15H,1-2H3. The Kier molecular flexibility index (Phi) is 3.80. The van der Waals surface area contributed by atoms with E-state index in [1.165, 1.54) is 16.5 Å². The van der Waals surface area contributed by atoms with Crippen LogP contribution in [0.15, 0.2) is 66.7 Å². The lowest BCUT2D eigenvalue weighted by atomic mass is 10.1. The molecule has 0 saturated carbocycles. The van der Waals surface area contributed by atoms with Crippen molar-refractivity contribution >= 4 is 27.8 Å². The lowest BCUT2D eigenvalue weighted by Gasteiger charge is -2.30. The van der Waals surface area contributed by atoms with Crippen molar-refractivity contribution in [1.82, 2.24) is 0 Å². The van der Waals surface area contributed by atoms with Crippen LogP contribution in [0.1, 0.15) is 13.8 Å². The Hall–Kier alpha value is -2.79. The van der Waals surface area contributed by atoms with Crippen LogP contribution in [0.5, 0.6) is 0 Å². The molecule has 0 unspecified atom stereocenters. The summed E-state index contributed by atoms with van der Waals surface area (Å²) in [6.45, 7) is 11.5. The summed E-state index contributed by atoms with van der Waals surface area (Å²) in [5.74, 6) is 0. The quantitative estimate of drug-likeness (QED) is 0.541. The molecule has 3 aromatic carbocycles. The fourth-order valence-electron chi connectivity index (χ4n) is 2.82. The molecular formula is C20H18N2.